The molecule has 2 atom stereocenters. The van der Waals surface area contributed by atoms with Crippen LogP contribution in [-0.2, 0) is 42.9 Å². The van der Waals surface area contributed by atoms with Crippen molar-refractivity contribution in [2.75, 3.05) is 32.9 Å². The largest absolute Gasteiger partial charge is 0.464 e. The van der Waals surface area contributed by atoms with Gasteiger partial charge in [0.25, 0.3) is 0 Å². The molecule has 0 rings (SSSR count). The van der Waals surface area contributed by atoms with Crippen molar-refractivity contribution in [1.82, 2.24) is 5.32 Å². The van der Waals surface area contributed by atoms with E-state index in [-0.39, 0.29) is 63.9 Å². The third-order valence-electron chi connectivity index (χ3n) is 11.6. The van der Waals surface area contributed by atoms with Crippen molar-refractivity contribution in [3.63, 3.8) is 0 Å². The van der Waals surface area contributed by atoms with E-state index in [9.17, 15) is 24.0 Å². The first kappa shape index (κ1) is 60.3. The second-order valence-electron chi connectivity index (χ2n) is 17.8. The molecule has 0 fully saturated rings. The number of amides is 1. The molecule has 12 nitrogen and oxygen atoms in total. The number of carbonyl (C=O) groups is 5. The van der Waals surface area contributed by atoms with Gasteiger partial charge in [0, 0.05) is 12.8 Å². The van der Waals surface area contributed by atoms with E-state index < -0.39 is 30.1 Å². The third kappa shape index (κ3) is 44.3. The summed E-state index contributed by atoms with van der Waals surface area (Å²) in [5, 5.41) is 2.63. The number of unbranched alkanes of at least 4 members (excludes halogenated alkanes) is 29. The lowest BCUT2D eigenvalue weighted by Gasteiger charge is -2.18. The fraction of sp³-hybridized carbons (Fsp3) is 0.902. The molecule has 0 radical (unpaired) electrons. The number of ether oxygens (including phenoxy) is 4. The van der Waals surface area contributed by atoms with Crippen molar-refractivity contribution in [3.05, 3.63) is 0 Å². The van der Waals surface area contributed by atoms with Gasteiger partial charge in [-0.1, -0.05) is 200 Å². The lowest BCUT2D eigenvalue weighted by Crippen LogP contribution is -2.42. The predicted octanol–water partition coefficient (Wildman–Crippen LogP) is 11.4. The van der Waals surface area contributed by atoms with Crippen LogP contribution in [0.1, 0.15) is 251 Å². The molecule has 0 saturated carbocycles. The molecule has 0 aliphatic rings. The summed E-state index contributed by atoms with van der Waals surface area (Å²) < 4.78 is 21.5. The van der Waals surface area contributed by atoms with Crippen LogP contribution in [0.3, 0.4) is 0 Å². The Kier molecular flexibility index (Phi) is 45.2. The zero-order chi connectivity index (χ0) is 46.3. The topological polar surface area (TPSA) is 186 Å². The Morgan fingerprint density at radius 1 is 0.429 bits per heavy atom. The summed E-state index contributed by atoms with van der Waals surface area (Å²) in [6.07, 6.45) is 38.3. The highest BCUT2D eigenvalue weighted by molar-refractivity contribution is 5.81. The summed E-state index contributed by atoms with van der Waals surface area (Å²) in [5.74, 6) is -2.40. The van der Waals surface area contributed by atoms with Gasteiger partial charge in [-0.15, -0.1) is 0 Å². The number of carbonyl (C=O) groups excluding carboxylic acids is 5. The van der Waals surface area contributed by atoms with Crippen LogP contribution in [0, 0.1) is 0 Å². The van der Waals surface area contributed by atoms with E-state index in [0.29, 0.717) is 19.4 Å². The van der Waals surface area contributed by atoms with Crippen LogP contribution in [0.25, 0.3) is 0 Å². The van der Waals surface area contributed by atoms with E-state index in [0.717, 1.165) is 51.4 Å². The maximum Gasteiger partial charge on any atom is 0.306 e. The summed E-state index contributed by atoms with van der Waals surface area (Å²) in [6, 6.07) is -0.652. The van der Waals surface area contributed by atoms with Crippen LogP contribution in [-0.4, -0.2) is 74.8 Å². The van der Waals surface area contributed by atoms with Crippen LogP contribution >= 0.6 is 0 Å². The summed E-state index contributed by atoms with van der Waals surface area (Å²) >= 11 is 0. The number of hydrogen-bond donors (Lipinski definition) is 3. The molecule has 370 valence electrons. The molecular formula is C51H97N3O9. The van der Waals surface area contributed by atoms with Crippen molar-refractivity contribution in [2.24, 2.45) is 11.5 Å². The monoisotopic (exact) mass is 896 g/mol. The Bertz CT molecular complexity index is 1090. The summed E-state index contributed by atoms with van der Waals surface area (Å²) in [6.45, 7) is 4.60. The van der Waals surface area contributed by atoms with Gasteiger partial charge in [-0.2, -0.15) is 0 Å². The minimum Gasteiger partial charge on any atom is -0.464 e. The molecule has 0 aromatic heterocycles. The SMILES string of the molecule is CCCCCCCCCCCCCCCCCC(=O)OC[C@@H](COC(=O)CCC(=O)OCCNC(=O)C(N)CCCCN)OC(=O)CCCCCCCCCCCCCCCCC. The molecule has 1 unspecified atom stereocenters. The number of esters is 4. The minimum absolute atomic E-state index is 0.0582. The molecule has 0 aromatic rings. The Morgan fingerprint density at radius 3 is 1.17 bits per heavy atom. The number of rotatable bonds is 48. The Hall–Kier alpha value is -2.73. The number of hydrogen-bond acceptors (Lipinski definition) is 11. The highest BCUT2D eigenvalue weighted by atomic mass is 16.6. The fourth-order valence-corrected chi connectivity index (χ4v) is 7.54. The first-order chi connectivity index (χ1) is 30.7. The second kappa shape index (κ2) is 47.2. The molecule has 12 heteroatoms. The second-order valence-corrected chi connectivity index (χ2v) is 17.8. The van der Waals surface area contributed by atoms with Crippen LogP contribution in [0.5, 0.6) is 0 Å². The zero-order valence-electron chi connectivity index (χ0n) is 40.7. The molecule has 63 heavy (non-hydrogen) atoms. The number of nitrogens with two attached hydrogens (primary N) is 2. The van der Waals surface area contributed by atoms with Gasteiger partial charge in [0.2, 0.25) is 5.91 Å². The predicted molar refractivity (Wildman–Crippen MR) is 255 cm³/mol. The molecule has 1 amide bonds. The van der Waals surface area contributed by atoms with Gasteiger partial charge in [0.05, 0.1) is 25.4 Å². The normalized spacial score (nSPS) is 12.1. The molecule has 0 saturated heterocycles. The van der Waals surface area contributed by atoms with Crippen LogP contribution in [0.4, 0.5) is 0 Å². The summed E-state index contributed by atoms with van der Waals surface area (Å²) in [4.78, 5) is 62.1. The number of nitrogens with one attached hydrogen (secondary N) is 1. The van der Waals surface area contributed by atoms with Crippen molar-refractivity contribution < 1.29 is 42.9 Å². The van der Waals surface area contributed by atoms with Crippen molar-refractivity contribution in [1.29, 1.82) is 0 Å². The maximum atomic E-state index is 12.8. The average molecular weight is 896 g/mol. The van der Waals surface area contributed by atoms with Gasteiger partial charge in [-0.3, -0.25) is 24.0 Å². The molecule has 5 N–H and O–H groups in total. The molecular weight excluding hydrogens is 799 g/mol. The lowest BCUT2D eigenvalue weighted by molar-refractivity contribution is -0.167. The van der Waals surface area contributed by atoms with Crippen molar-refractivity contribution in [3.8, 4) is 0 Å². The van der Waals surface area contributed by atoms with Crippen molar-refractivity contribution in [2.45, 2.75) is 264 Å². The summed E-state index contributed by atoms with van der Waals surface area (Å²) in [5.41, 5.74) is 11.3. The highest BCUT2D eigenvalue weighted by Crippen LogP contribution is 2.16. The van der Waals surface area contributed by atoms with Gasteiger partial charge in [0.1, 0.15) is 19.8 Å². The van der Waals surface area contributed by atoms with E-state index >= 15 is 0 Å². The molecule has 0 aliphatic carbocycles. The van der Waals surface area contributed by atoms with Crippen LogP contribution in [0.2, 0.25) is 0 Å². The third-order valence-corrected chi connectivity index (χ3v) is 11.6. The zero-order valence-corrected chi connectivity index (χ0v) is 40.7. The Labute approximate surface area is 384 Å². The van der Waals surface area contributed by atoms with E-state index in [4.69, 9.17) is 30.4 Å². The van der Waals surface area contributed by atoms with E-state index in [2.05, 4.69) is 19.2 Å². The lowest BCUT2D eigenvalue weighted by atomic mass is 10.0. The minimum atomic E-state index is -0.944. The molecule has 0 spiro atoms. The highest BCUT2D eigenvalue weighted by Gasteiger charge is 2.20. The van der Waals surface area contributed by atoms with E-state index in [1.807, 2.05) is 0 Å². The Balaban J connectivity index is 4.49. The maximum absolute atomic E-state index is 12.8. The van der Waals surface area contributed by atoms with Crippen molar-refractivity contribution >= 4 is 29.8 Å². The first-order valence-corrected chi connectivity index (χ1v) is 26.1. The first-order valence-electron chi connectivity index (χ1n) is 26.1. The molecule has 0 heterocycles. The standard InChI is InChI=1S/C51H97N3O9/c1-3-5-7-9-11-13-15-17-19-21-23-25-27-29-31-36-47(55)61-43-45(63-50(58)37-32-30-28-26-24-22-20-18-16-14-12-10-8-6-4-2)44-62-49(57)39-38-48(56)60-42-41-54-51(59)46(53)35-33-34-40-52/h45-46H,3-44,52-53H2,1-2H3,(H,54,59)/t45-,46?/m0/s1. The van der Waals surface area contributed by atoms with Crippen LogP contribution in [0.15, 0.2) is 0 Å². The average Bonchev–Trinajstić information content (AvgIpc) is 3.27. The van der Waals surface area contributed by atoms with E-state index in [1.54, 1.807) is 0 Å². The molecule has 0 aromatic carbocycles. The molecule has 0 bridgehead atoms. The van der Waals surface area contributed by atoms with Gasteiger partial charge in [0.15, 0.2) is 6.10 Å². The van der Waals surface area contributed by atoms with Gasteiger partial charge < -0.3 is 35.7 Å². The van der Waals surface area contributed by atoms with E-state index in [1.165, 1.54) is 148 Å². The summed E-state index contributed by atoms with van der Waals surface area (Å²) in [7, 11) is 0. The van der Waals surface area contributed by atoms with Gasteiger partial charge >= 0.3 is 23.9 Å². The fourth-order valence-electron chi connectivity index (χ4n) is 7.54. The van der Waals surface area contributed by atoms with Gasteiger partial charge in [-0.05, 0) is 32.2 Å². The van der Waals surface area contributed by atoms with Gasteiger partial charge in [-0.25, -0.2) is 0 Å². The Morgan fingerprint density at radius 2 is 0.778 bits per heavy atom. The quantitative estimate of drug-likeness (QED) is 0.0300. The smallest absolute Gasteiger partial charge is 0.306 e. The molecule has 0 aliphatic heterocycles. The van der Waals surface area contributed by atoms with Crippen LogP contribution < -0.4 is 16.8 Å².